The molecule has 0 aliphatic carbocycles. The summed E-state index contributed by atoms with van der Waals surface area (Å²) < 4.78 is 4.94. The molecule has 0 amide bonds. The van der Waals surface area contributed by atoms with E-state index in [4.69, 9.17) is 9.95 Å². The summed E-state index contributed by atoms with van der Waals surface area (Å²) in [7, 11) is 0. The van der Waals surface area contributed by atoms with E-state index in [9.17, 15) is 5.11 Å². The van der Waals surface area contributed by atoms with Crippen molar-refractivity contribution in [1.82, 2.24) is 0 Å². The predicted molar refractivity (Wildman–Crippen MR) is 42.3 cm³/mol. The van der Waals surface area contributed by atoms with Crippen molar-refractivity contribution in [3.8, 4) is 0 Å². The Morgan fingerprint density at radius 2 is 2.58 bits per heavy atom. The van der Waals surface area contributed by atoms with Crippen molar-refractivity contribution in [2.24, 2.45) is 5.11 Å². The van der Waals surface area contributed by atoms with Crippen LogP contribution in [0.3, 0.4) is 0 Å². The van der Waals surface area contributed by atoms with Gasteiger partial charge in [-0.25, -0.2) is 0 Å². The summed E-state index contributed by atoms with van der Waals surface area (Å²) in [4.78, 5) is 2.57. The normalized spacial score (nSPS) is 12.1. The van der Waals surface area contributed by atoms with E-state index in [2.05, 4.69) is 10.0 Å². The second-order valence-corrected chi connectivity index (χ2v) is 2.27. The first-order valence-electron chi connectivity index (χ1n) is 3.57. The average molecular weight is 167 g/mol. The summed E-state index contributed by atoms with van der Waals surface area (Å²) in [6.45, 7) is 0.276. The van der Waals surface area contributed by atoms with Crippen LogP contribution in [-0.4, -0.2) is 11.7 Å². The molecule has 0 aliphatic heterocycles. The second kappa shape index (κ2) is 4.43. The number of aliphatic hydroxyl groups excluding tert-OH is 1. The highest BCUT2D eigenvalue weighted by Gasteiger charge is 2.08. The number of azide groups is 1. The molecule has 0 spiro atoms. The highest BCUT2D eigenvalue weighted by Crippen LogP contribution is 2.16. The molecule has 0 saturated carbocycles. The Morgan fingerprint density at radius 3 is 3.17 bits per heavy atom. The Morgan fingerprint density at radius 1 is 1.75 bits per heavy atom. The number of hydrogen-bond donors (Lipinski definition) is 1. The van der Waals surface area contributed by atoms with E-state index in [-0.39, 0.29) is 6.54 Å². The molecule has 5 nitrogen and oxygen atoms in total. The van der Waals surface area contributed by atoms with Gasteiger partial charge in [-0.2, -0.15) is 0 Å². The lowest BCUT2D eigenvalue weighted by Gasteiger charge is -2.03. The zero-order valence-electron chi connectivity index (χ0n) is 6.42. The quantitative estimate of drug-likeness (QED) is 0.422. The van der Waals surface area contributed by atoms with Gasteiger partial charge in [0.1, 0.15) is 11.9 Å². The number of hydrogen-bond acceptors (Lipinski definition) is 3. The summed E-state index contributed by atoms with van der Waals surface area (Å²) >= 11 is 0. The molecular formula is C7H9N3O2. The molecule has 0 radical (unpaired) electrons. The maximum atomic E-state index is 9.36. The van der Waals surface area contributed by atoms with E-state index >= 15 is 0 Å². The Kier molecular flexibility index (Phi) is 3.19. The van der Waals surface area contributed by atoms with E-state index in [1.165, 1.54) is 6.26 Å². The summed E-state index contributed by atoms with van der Waals surface area (Å²) in [5, 5.41) is 12.7. The van der Waals surface area contributed by atoms with Crippen molar-refractivity contribution in [2.45, 2.75) is 12.5 Å². The van der Waals surface area contributed by atoms with Gasteiger partial charge in [-0.3, -0.25) is 0 Å². The Bertz CT molecular complexity index is 264. The van der Waals surface area contributed by atoms with Crippen LogP contribution in [0.2, 0.25) is 0 Å². The largest absolute Gasteiger partial charge is 0.467 e. The average Bonchev–Trinajstić information content (AvgIpc) is 2.56. The number of furan rings is 1. The minimum Gasteiger partial charge on any atom is -0.467 e. The highest BCUT2D eigenvalue weighted by molar-refractivity contribution is 5.01. The smallest absolute Gasteiger partial charge is 0.132 e. The molecule has 64 valence electrons. The van der Waals surface area contributed by atoms with Crippen LogP contribution >= 0.6 is 0 Å². The van der Waals surface area contributed by atoms with Gasteiger partial charge in [-0.15, -0.1) is 0 Å². The van der Waals surface area contributed by atoms with Gasteiger partial charge in [0.15, 0.2) is 0 Å². The molecule has 1 aromatic heterocycles. The molecule has 0 fully saturated rings. The third kappa shape index (κ3) is 2.30. The fourth-order valence-corrected chi connectivity index (χ4v) is 0.848. The molecule has 0 aliphatic rings. The monoisotopic (exact) mass is 167 g/mol. The summed E-state index contributed by atoms with van der Waals surface area (Å²) in [6, 6.07) is 3.38. The summed E-state index contributed by atoms with van der Waals surface area (Å²) in [5.41, 5.74) is 7.96. The number of rotatable bonds is 4. The predicted octanol–water partition coefficient (Wildman–Crippen LogP) is 2.01. The molecule has 0 bridgehead atoms. The van der Waals surface area contributed by atoms with Gasteiger partial charge < -0.3 is 9.52 Å². The first-order chi connectivity index (χ1) is 5.84. The minimum absolute atomic E-state index is 0.276. The van der Waals surface area contributed by atoms with Gasteiger partial charge in [0.05, 0.1) is 6.26 Å². The van der Waals surface area contributed by atoms with E-state index in [0.29, 0.717) is 12.2 Å². The van der Waals surface area contributed by atoms with Crippen molar-refractivity contribution < 1.29 is 9.52 Å². The van der Waals surface area contributed by atoms with Crippen LogP contribution in [0.4, 0.5) is 0 Å². The van der Waals surface area contributed by atoms with Crippen LogP contribution in [0.1, 0.15) is 18.3 Å². The van der Waals surface area contributed by atoms with Gasteiger partial charge in [-0.05, 0) is 24.1 Å². The van der Waals surface area contributed by atoms with Crippen LogP contribution in [0.25, 0.3) is 10.4 Å². The van der Waals surface area contributed by atoms with E-state index < -0.39 is 6.10 Å². The first-order valence-corrected chi connectivity index (χ1v) is 3.57. The standard InChI is InChI=1S/C7H9N3O2/c8-10-9-4-3-6(11)7-2-1-5-12-7/h1-2,5-6,11H,3-4H2. The number of aliphatic hydroxyl groups is 1. The molecule has 1 rings (SSSR count). The lowest BCUT2D eigenvalue weighted by atomic mass is 10.2. The van der Waals surface area contributed by atoms with Gasteiger partial charge >= 0.3 is 0 Å². The maximum absolute atomic E-state index is 9.36. The first kappa shape index (κ1) is 8.64. The van der Waals surface area contributed by atoms with Crippen LogP contribution in [-0.2, 0) is 0 Å². The molecule has 1 atom stereocenters. The fraction of sp³-hybridized carbons (Fsp3) is 0.429. The topological polar surface area (TPSA) is 82.1 Å². The van der Waals surface area contributed by atoms with Crippen LogP contribution in [0.5, 0.6) is 0 Å². The van der Waals surface area contributed by atoms with Crippen LogP contribution in [0.15, 0.2) is 27.9 Å². The molecule has 0 aromatic carbocycles. The van der Waals surface area contributed by atoms with Crippen molar-refractivity contribution in [1.29, 1.82) is 0 Å². The van der Waals surface area contributed by atoms with Crippen molar-refractivity contribution in [2.75, 3.05) is 6.54 Å². The zero-order chi connectivity index (χ0) is 8.81. The lowest BCUT2D eigenvalue weighted by Crippen LogP contribution is -1.96. The summed E-state index contributed by atoms with van der Waals surface area (Å²) in [6.07, 6.45) is 1.20. The molecule has 12 heavy (non-hydrogen) atoms. The van der Waals surface area contributed by atoms with Gasteiger partial charge in [0.2, 0.25) is 0 Å². The summed E-state index contributed by atoms with van der Waals surface area (Å²) in [5.74, 6) is 0.503. The van der Waals surface area contributed by atoms with Crippen molar-refractivity contribution in [3.05, 3.63) is 34.6 Å². The van der Waals surface area contributed by atoms with Crippen LogP contribution in [0, 0.1) is 0 Å². The van der Waals surface area contributed by atoms with E-state index in [1.54, 1.807) is 12.1 Å². The van der Waals surface area contributed by atoms with E-state index in [0.717, 1.165) is 0 Å². The van der Waals surface area contributed by atoms with Gasteiger partial charge in [0.25, 0.3) is 0 Å². The van der Waals surface area contributed by atoms with Gasteiger partial charge in [-0.1, -0.05) is 5.11 Å². The Labute approximate surface area is 69.2 Å². The SMILES string of the molecule is [N-]=[N+]=NCCC(O)c1ccco1. The minimum atomic E-state index is -0.675. The van der Waals surface area contributed by atoms with Crippen molar-refractivity contribution >= 4 is 0 Å². The molecule has 1 N–H and O–H groups in total. The lowest BCUT2D eigenvalue weighted by molar-refractivity contribution is 0.143. The Hall–Kier alpha value is -1.45. The molecular weight excluding hydrogens is 158 g/mol. The second-order valence-electron chi connectivity index (χ2n) is 2.27. The maximum Gasteiger partial charge on any atom is 0.132 e. The van der Waals surface area contributed by atoms with Gasteiger partial charge in [0, 0.05) is 11.5 Å². The molecule has 0 saturated heterocycles. The Balaban J connectivity index is 2.39. The third-order valence-corrected chi connectivity index (χ3v) is 1.44. The third-order valence-electron chi connectivity index (χ3n) is 1.44. The van der Waals surface area contributed by atoms with Crippen LogP contribution < -0.4 is 0 Å². The highest BCUT2D eigenvalue weighted by atomic mass is 16.4. The molecule has 5 heteroatoms. The van der Waals surface area contributed by atoms with Crippen molar-refractivity contribution in [3.63, 3.8) is 0 Å². The molecule has 1 heterocycles. The van der Waals surface area contributed by atoms with E-state index in [1.807, 2.05) is 0 Å². The molecule has 1 aromatic rings. The number of nitrogens with zero attached hydrogens (tertiary/aromatic N) is 3. The molecule has 1 unspecified atom stereocenters. The zero-order valence-corrected chi connectivity index (χ0v) is 6.42. The fourth-order valence-electron chi connectivity index (χ4n) is 0.848.